The number of ketones is 1. The van der Waals surface area contributed by atoms with Crippen LogP contribution in [0, 0.1) is 13.8 Å². The lowest BCUT2D eigenvalue weighted by atomic mass is 10.1. The summed E-state index contributed by atoms with van der Waals surface area (Å²) >= 11 is 0. The van der Waals surface area contributed by atoms with Crippen LogP contribution in [0.3, 0.4) is 0 Å². The number of carbonyl (C=O) groups is 2. The summed E-state index contributed by atoms with van der Waals surface area (Å²) in [5.41, 5.74) is 0.0330. The highest BCUT2D eigenvalue weighted by Crippen LogP contribution is 2.31. The number of aryl methyl sites for hydroxylation is 1. The quantitative estimate of drug-likeness (QED) is 0.442. The molecule has 1 aliphatic rings. The third-order valence-electron chi connectivity index (χ3n) is 5.57. The maximum Gasteiger partial charge on any atom is 0.416 e. The SMILES string of the molecule is Cc1nn(-c2cccc(C(F)(F)F)c2)c(C)c1C(=O)C(=O)N1CCN(c2cnccn2)CC1. The van der Waals surface area contributed by atoms with Crippen LogP contribution in [0.25, 0.3) is 5.69 Å². The van der Waals surface area contributed by atoms with E-state index >= 15 is 0 Å². The number of nitrogens with zero attached hydrogens (tertiary/aromatic N) is 6. The molecule has 0 N–H and O–H groups in total. The maximum absolute atomic E-state index is 13.1. The molecule has 8 nitrogen and oxygen atoms in total. The number of rotatable bonds is 4. The van der Waals surface area contributed by atoms with Gasteiger partial charge in [0.2, 0.25) is 0 Å². The Morgan fingerprint density at radius 3 is 2.39 bits per heavy atom. The second kappa shape index (κ2) is 8.64. The molecule has 1 saturated heterocycles. The summed E-state index contributed by atoms with van der Waals surface area (Å²) in [6, 6.07) is 4.67. The monoisotopic (exact) mass is 458 g/mol. The van der Waals surface area contributed by atoms with E-state index in [1.807, 2.05) is 4.90 Å². The second-order valence-electron chi connectivity index (χ2n) is 7.68. The lowest BCUT2D eigenvalue weighted by Crippen LogP contribution is -2.51. The molecule has 3 heterocycles. The minimum atomic E-state index is -4.51. The van der Waals surface area contributed by atoms with Crippen molar-refractivity contribution in [2.75, 3.05) is 31.1 Å². The van der Waals surface area contributed by atoms with Gasteiger partial charge in [-0.05, 0) is 32.0 Å². The Balaban J connectivity index is 1.53. The van der Waals surface area contributed by atoms with Gasteiger partial charge in [0.1, 0.15) is 5.82 Å². The van der Waals surface area contributed by atoms with Crippen molar-refractivity contribution in [3.05, 3.63) is 65.4 Å². The zero-order valence-corrected chi connectivity index (χ0v) is 18.0. The molecule has 3 aromatic rings. The van der Waals surface area contributed by atoms with Gasteiger partial charge in [-0.25, -0.2) is 9.67 Å². The number of benzene rings is 1. The summed E-state index contributed by atoms with van der Waals surface area (Å²) in [4.78, 5) is 37.7. The van der Waals surface area contributed by atoms with E-state index in [-0.39, 0.29) is 16.9 Å². The number of halogens is 3. The van der Waals surface area contributed by atoms with Crippen LogP contribution >= 0.6 is 0 Å². The number of piperazine rings is 1. The Morgan fingerprint density at radius 2 is 1.76 bits per heavy atom. The van der Waals surface area contributed by atoms with Gasteiger partial charge in [0.25, 0.3) is 11.7 Å². The fourth-order valence-electron chi connectivity index (χ4n) is 3.88. The van der Waals surface area contributed by atoms with Crippen LogP contribution in [0.5, 0.6) is 0 Å². The van der Waals surface area contributed by atoms with Crippen molar-refractivity contribution < 1.29 is 22.8 Å². The number of amides is 1. The Kier molecular flexibility index (Phi) is 5.88. The van der Waals surface area contributed by atoms with E-state index in [2.05, 4.69) is 15.1 Å². The molecule has 2 aromatic heterocycles. The van der Waals surface area contributed by atoms with E-state index in [4.69, 9.17) is 0 Å². The summed E-state index contributed by atoms with van der Waals surface area (Å²) in [6.45, 7) is 4.79. The molecule has 1 aromatic carbocycles. The van der Waals surface area contributed by atoms with E-state index in [0.29, 0.717) is 37.7 Å². The van der Waals surface area contributed by atoms with E-state index in [9.17, 15) is 22.8 Å². The molecule has 33 heavy (non-hydrogen) atoms. The molecule has 0 saturated carbocycles. The first-order valence-corrected chi connectivity index (χ1v) is 10.2. The third kappa shape index (κ3) is 4.43. The van der Waals surface area contributed by atoms with Crippen LogP contribution in [-0.4, -0.2) is 62.5 Å². The summed E-state index contributed by atoms with van der Waals surface area (Å²) in [5.74, 6) is -0.690. The average Bonchev–Trinajstić information content (AvgIpc) is 3.12. The standard InChI is InChI=1S/C22H21F3N6O2/c1-14-19(15(2)31(28-14)17-5-3-4-16(12-17)22(23,24)25)20(32)21(33)30-10-8-29(9-11-30)18-13-26-6-7-27-18/h3-7,12-13H,8-11H2,1-2H3. The molecular formula is C22H21F3N6O2. The lowest BCUT2D eigenvalue weighted by Gasteiger charge is -2.34. The van der Waals surface area contributed by atoms with Crippen molar-refractivity contribution in [1.29, 1.82) is 0 Å². The minimum absolute atomic E-state index is 0.105. The molecule has 11 heteroatoms. The largest absolute Gasteiger partial charge is 0.416 e. The van der Waals surface area contributed by atoms with Crippen LogP contribution in [-0.2, 0) is 11.0 Å². The minimum Gasteiger partial charge on any atom is -0.352 e. The number of hydrogen-bond donors (Lipinski definition) is 0. The zero-order valence-electron chi connectivity index (χ0n) is 18.0. The molecule has 0 aliphatic carbocycles. The topological polar surface area (TPSA) is 84.2 Å². The molecule has 0 bridgehead atoms. The smallest absolute Gasteiger partial charge is 0.352 e. The average molecular weight is 458 g/mol. The normalized spacial score (nSPS) is 14.5. The van der Waals surface area contributed by atoms with E-state index in [0.717, 1.165) is 12.1 Å². The molecule has 0 unspecified atom stereocenters. The zero-order chi connectivity index (χ0) is 23.8. The van der Waals surface area contributed by atoms with Gasteiger partial charge in [0.15, 0.2) is 0 Å². The highest BCUT2D eigenvalue weighted by molar-refractivity contribution is 6.43. The summed E-state index contributed by atoms with van der Waals surface area (Å²) in [7, 11) is 0. The van der Waals surface area contributed by atoms with Crippen LogP contribution in [0.4, 0.5) is 19.0 Å². The predicted molar refractivity (Wildman–Crippen MR) is 113 cm³/mol. The molecule has 1 amide bonds. The van der Waals surface area contributed by atoms with Crippen molar-refractivity contribution >= 4 is 17.5 Å². The van der Waals surface area contributed by atoms with Crippen LogP contribution in [0.2, 0.25) is 0 Å². The first kappa shape index (κ1) is 22.4. The van der Waals surface area contributed by atoms with E-state index in [1.165, 1.54) is 21.7 Å². The predicted octanol–water partition coefficient (Wildman–Crippen LogP) is 2.83. The fourth-order valence-corrected chi connectivity index (χ4v) is 3.88. The number of carbonyl (C=O) groups excluding carboxylic acids is 2. The van der Waals surface area contributed by atoms with Gasteiger partial charge < -0.3 is 9.80 Å². The van der Waals surface area contributed by atoms with Gasteiger partial charge >= 0.3 is 6.18 Å². The summed E-state index contributed by atoms with van der Waals surface area (Å²) in [6.07, 6.45) is 0.294. The highest BCUT2D eigenvalue weighted by Gasteiger charge is 2.33. The van der Waals surface area contributed by atoms with Crippen LogP contribution in [0.15, 0.2) is 42.9 Å². The Morgan fingerprint density at radius 1 is 1.03 bits per heavy atom. The van der Waals surface area contributed by atoms with Crippen molar-refractivity contribution in [2.24, 2.45) is 0 Å². The van der Waals surface area contributed by atoms with Crippen molar-refractivity contribution in [2.45, 2.75) is 20.0 Å². The highest BCUT2D eigenvalue weighted by atomic mass is 19.4. The van der Waals surface area contributed by atoms with Gasteiger partial charge in [-0.2, -0.15) is 18.3 Å². The van der Waals surface area contributed by atoms with E-state index < -0.39 is 23.4 Å². The Bertz CT molecular complexity index is 1180. The molecule has 4 rings (SSSR count). The molecular weight excluding hydrogens is 437 g/mol. The first-order chi connectivity index (χ1) is 15.7. The molecule has 0 atom stereocenters. The van der Waals surface area contributed by atoms with Gasteiger partial charge in [-0.15, -0.1) is 0 Å². The van der Waals surface area contributed by atoms with Crippen molar-refractivity contribution in [1.82, 2.24) is 24.6 Å². The number of Topliss-reactive ketones (excluding diaryl/α,β-unsaturated/α-hetero) is 1. The number of hydrogen-bond acceptors (Lipinski definition) is 6. The Hall–Kier alpha value is -3.76. The lowest BCUT2D eigenvalue weighted by molar-refractivity contribution is -0.137. The Labute approximate surface area is 187 Å². The maximum atomic E-state index is 13.1. The number of aromatic nitrogens is 4. The van der Waals surface area contributed by atoms with Crippen LogP contribution in [0.1, 0.15) is 27.3 Å². The summed E-state index contributed by atoms with van der Waals surface area (Å²) in [5, 5.41) is 4.24. The molecule has 172 valence electrons. The van der Waals surface area contributed by atoms with Gasteiger partial charge in [0.05, 0.1) is 34.4 Å². The van der Waals surface area contributed by atoms with Gasteiger partial charge in [-0.1, -0.05) is 6.07 Å². The van der Waals surface area contributed by atoms with Gasteiger partial charge in [0, 0.05) is 38.6 Å². The van der Waals surface area contributed by atoms with Crippen molar-refractivity contribution in [3.63, 3.8) is 0 Å². The molecule has 1 aliphatic heterocycles. The first-order valence-electron chi connectivity index (χ1n) is 10.2. The second-order valence-corrected chi connectivity index (χ2v) is 7.68. The van der Waals surface area contributed by atoms with Crippen molar-refractivity contribution in [3.8, 4) is 5.69 Å². The molecule has 1 fully saturated rings. The van der Waals surface area contributed by atoms with Gasteiger partial charge in [-0.3, -0.25) is 14.6 Å². The fraction of sp³-hybridized carbons (Fsp3) is 0.318. The molecule has 0 spiro atoms. The summed E-state index contributed by atoms with van der Waals surface area (Å²) < 4.78 is 40.6. The number of anilines is 1. The third-order valence-corrected chi connectivity index (χ3v) is 5.57. The van der Waals surface area contributed by atoms with E-state index in [1.54, 1.807) is 32.4 Å². The number of alkyl halides is 3. The molecule has 0 radical (unpaired) electrons. The van der Waals surface area contributed by atoms with Crippen LogP contribution < -0.4 is 4.90 Å².